The third-order valence-corrected chi connectivity index (χ3v) is 7.83. The number of nitro benzene ring substituents is 1. The SMILES string of the molecule is O=C(OCC1CCC1)c1ccc([N+](=O)[O-])c(-c2nc(-c3ccc4ccc(-c5ccccc5)nc4c3)n3ccncc23)c1. The smallest absolute Gasteiger partial charge is 0.338 e. The van der Waals surface area contributed by atoms with Crippen LogP contribution in [0, 0.1) is 16.0 Å². The van der Waals surface area contributed by atoms with Gasteiger partial charge in [0, 0.05) is 35.0 Å². The molecule has 7 rings (SSSR count). The molecule has 9 nitrogen and oxygen atoms in total. The summed E-state index contributed by atoms with van der Waals surface area (Å²) in [6, 6.07) is 24.1. The van der Waals surface area contributed by atoms with Crippen molar-refractivity contribution in [3.8, 4) is 33.9 Å². The summed E-state index contributed by atoms with van der Waals surface area (Å²) in [6.45, 7) is 0.356. The number of fused-ring (bicyclic) bond motifs is 2. The van der Waals surface area contributed by atoms with E-state index in [0.717, 1.165) is 47.0 Å². The van der Waals surface area contributed by atoms with Crippen molar-refractivity contribution >= 4 is 28.1 Å². The molecule has 42 heavy (non-hydrogen) atoms. The van der Waals surface area contributed by atoms with Crippen LogP contribution in [0.15, 0.2) is 97.5 Å². The fourth-order valence-corrected chi connectivity index (χ4v) is 5.31. The van der Waals surface area contributed by atoms with E-state index in [4.69, 9.17) is 14.7 Å². The second-order valence-electron chi connectivity index (χ2n) is 10.5. The molecule has 1 saturated carbocycles. The predicted molar refractivity (Wildman–Crippen MR) is 159 cm³/mol. The zero-order valence-electron chi connectivity index (χ0n) is 22.5. The Labute approximate surface area is 240 Å². The van der Waals surface area contributed by atoms with Gasteiger partial charge in [0.1, 0.15) is 11.5 Å². The summed E-state index contributed by atoms with van der Waals surface area (Å²) in [5.74, 6) is 0.454. The van der Waals surface area contributed by atoms with Crippen LogP contribution >= 0.6 is 0 Å². The van der Waals surface area contributed by atoms with Crippen LogP contribution in [0.3, 0.4) is 0 Å². The lowest BCUT2D eigenvalue weighted by Crippen LogP contribution is -2.20. The Hall–Kier alpha value is -5.44. The number of imidazole rings is 1. The van der Waals surface area contributed by atoms with Crippen LogP contribution < -0.4 is 0 Å². The third-order valence-electron chi connectivity index (χ3n) is 7.83. The molecule has 0 unspecified atom stereocenters. The highest BCUT2D eigenvalue weighted by molar-refractivity contribution is 5.95. The number of nitro groups is 1. The minimum Gasteiger partial charge on any atom is -0.462 e. The second-order valence-corrected chi connectivity index (χ2v) is 10.5. The molecule has 1 aliphatic rings. The molecule has 206 valence electrons. The highest BCUT2D eigenvalue weighted by atomic mass is 16.6. The van der Waals surface area contributed by atoms with Gasteiger partial charge < -0.3 is 4.74 Å². The van der Waals surface area contributed by atoms with E-state index in [9.17, 15) is 14.9 Å². The molecule has 0 N–H and O–H groups in total. The molecular weight excluding hydrogens is 530 g/mol. The molecule has 0 amide bonds. The van der Waals surface area contributed by atoms with Gasteiger partial charge in [-0.05, 0) is 43.0 Å². The number of benzene rings is 3. The molecule has 3 aromatic carbocycles. The Balaban J connectivity index is 1.33. The molecule has 0 radical (unpaired) electrons. The molecule has 1 aliphatic carbocycles. The van der Waals surface area contributed by atoms with Crippen LogP contribution in [0.1, 0.15) is 29.6 Å². The van der Waals surface area contributed by atoms with Crippen LogP contribution in [-0.4, -0.2) is 36.9 Å². The van der Waals surface area contributed by atoms with E-state index in [1.807, 2.05) is 65.1 Å². The highest BCUT2D eigenvalue weighted by Gasteiger charge is 2.25. The van der Waals surface area contributed by atoms with E-state index in [1.165, 1.54) is 18.2 Å². The summed E-state index contributed by atoms with van der Waals surface area (Å²) in [4.78, 5) is 38.5. The number of hydrogen-bond acceptors (Lipinski definition) is 7. The van der Waals surface area contributed by atoms with E-state index in [-0.39, 0.29) is 16.8 Å². The quantitative estimate of drug-likeness (QED) is 0.117. The Morgan fingerprint density at radius 1 is 0.976 bits per heavy atom. The van der Waals surface area contributed by atoms with Gasteiger partial charge in [0.2, 0.25) is 0 Å². The van der Waals surface area contributed by atoms with Gasteiger partial charge in [-0.2, -0.15) is 0 Å². The number of esters is 1. The predicted octanol–water partition coefficient (Wildman–Crippen LogP) is 7.14. The zero-order valence-corrected chi connectivity index (χ0v) is 22.5. The molecule has 0 aliphatic heterocycles. The van der Waals surface area contributed by atoms with Gasteiger partial charge in [0.05, 0.1) is 45.6 Å². The number of carbonyl (C=O) groups is 1. The summed E-state index contributed by atoms with van der Waals surface area (Å²) >= 11 is 0. The number of aromatic nitrogens is 4. The summed E-state index contributed by atoms with van der Waals surface area (Å²) < 4.78 is 7.36. The van der Waals surface area contributed by atoms with Crippen LogP contribution in [0.25, 0.3) is 50.3 Å². The summed E-state index contributed by atoms with van der Waals surface area (Å²) in [7, 11) is 0. The standard InChI is InChI=1S/C33H25N5O4/c39-33(42-20-21-5-4-6-21)25-12-14-29(38(40)41)26(17-25)31-30-19-34-15-16-37(30)32(36-31)24-10-9-23-11-13-27(35-28(23)18-24)22-7-2-1-3-8-22/h1-3,7-19,21H,4-6,20H2. The normalized spacial score (nSPS) is 13.2. The van der Waals surface area contributed by atoms with Crippen molar-refractivity contribution in [3.05, 3.63) is 113 Å². The lowest BCUT2D eigenvalue weighted by molar-refractivity contribution is -0.384. The minimum absolute atomic E-state index is 0.159. The average Bonchev–Trinajstić information content (AvgIpc) is 3.39. The number of carbonyl (C=O) groups excluding carboxylic acids is 1. The van der Waals surface area contributed by atoms with Crippen molar-refractivity contribution in [2.45, 2.75) is 19.3 Å². The maximum absolute atomic E-state index is 12.9. The number of pyridine rings is 1. The molecule has 3 heterocycles. The average molecular weight is 556 g/mol. The van der Waals surface area contributed by atoms with E-state index < -0.39 is 10.9 Å². The highest BCUT2D eigenvalue weighted by Crippen LogP contribution is 2.36. The van der Waals surface area contributed by atoms with Crippen molar-refractivity contribution in [1.82, 2.24) is 19.4 Å². The number of rotatable bonds is 7. The van der Waals surface area contributed by atoms with Gasteiger partial charge in [-0.15, -0.1) is 0 Å². The van der Waals surface area contributed by atoms with E-state index in [0.29, 0.717) is 29.6 Å². The van der Waals surface area contributed by atoms with Crippen molar-refractivity contribution in [1.29, 1.82) is 0 Å². The van der Waals surface area contributed by atoms with Crippen LogP contribution in [-0.2, 0) is 4.74 Å². The van der Waals surface area contributed by atoms with Crippen LogP contribution in [0.2, 0.25) is 0 Å². The van der Waals surface area contributed by atoms with Gasteiger partial charge in [0.15, 0.2) is 0 Å². The zero-order chi connectivity index (χ0) is 28.6. The maximum atomic E-state index is 12.9. The lowest BCUT2D eigenvalue weighted by atomic mass is 9.86. The molecule has 3 aromatic heterocycles. The minimum atomic E-state index is -0.505. The first-order valence-corrected chi connectivity index (χ1v) is 13.8. The Morgan fingerprint density at radius 2 is 1.81 bits per heavy atom. The summed E-state index contributed by atoms with van der Waals surface area (Å²) in [6.07, 6.45) is 8.26. The Morgan fingerprint density at radius 3 is 2.60 bits per heavy atom. The van der Waals surface area contributed by atoms with Gasteiger partial charge >= 0.3 is 5.97 Å². The number of hydrogen-bond donors (Lipinski definition) is 0. The Kier molecular flexibility index (Phi) is 6.39. The molecule has 9 heteroatoms. The fourth-order valence-electron chi connectivity index (χ4n) is 5.31. The largest absolute Gasteiger partial charge is 0.462 e. The molecule has 0 spiro atoms. The van der Waals surface area contributed by atoms with E-state index in [2.05, 4.69) is 4.98 Å². The van der Waals surface area contributed by atoms with Gasteiger partial charge in [0.25, 0.3) is 5.69 Å². The number of ether oxygens (including phenoxy) is 1. The molecule has 0 saturated heterocycles. The molecule has 1 fully saturated rings. The summed E-state index contributed by atoms with van der Waals surface area (Å²) in [5, 5.41) is 13.1. The van der Waals surface area contributed by atoms with Gasteiger partial charge in [-0.25, -0.2) is 14.8 Å². The van der Waals surface area contributed by atoms with Crippen molar-refractivity contribution in [2.24, 2.45) is 5.92 Å². The van der Waals surface area contributed by atoms with E-state index >= 15 is 0 Å². The summed E-state index contributed by atoms with van der Waals surface area (Å²) in [5.41, 5.74) is 4.68. The Bertz CT molecular complexity index is 1980. The maximum Gasteiger partial charge on any atom is 0.338 e. The van der Waals surface area contributed by atoms with Crippen molar-refractivity contribution < 1.29 is 14.5 Å². The van der Waals surface area contributed by atoms with Crippen LogP contribution in [0.5, 0.6) is 0 Å². The lowest BCUT2D eigenvalue weighted by Gasteiger charge is -2.24. The molecular formula is C33H25N5O4. The van der Waals surface area contributed by atoms with Crippen molar-refractivity contribution in [3.63, 3.8) is 0 Å². The number of nitrogens with zero attached hydrogens (tertiary/aromatic N) is 5. The first kappa shape index (κ1) is 25.5. The van der Waals surface area contributed by atoms with Gasteiger partial charge in [-0.3, -0.25) is 19.5 Å². The van der Waals surface area contributed by atoms with Crippen molar-refractivity contribution in [2.75, 3.05) is 6.61 Å². The molecule has 0 atom stereocenters. The molecule has 6 aromatic rings. The van der Waals surface area contributed by atoms with Crippen LogP contribution in [0.4, 0.5) is 5.69 Å². The van der Waals surface area contributed by atoms with E-state index in [1.54, 1.807) is 18.6 Å². The first-order chi connectivity index (χ1) is 20.5. The topological polar surface area (TPSA) is 113 Å². The monoisotopic (exact) mass is 555 g/mol. The molecule has 0 bridgehead atoms. The van der Waals surface area contributed by atoms with Gasteiger partial charge in [-0.1, -0.05) is 55.0 Å². The second kappa shape index (κ2) is 10.5. The first-order valence-electron chi connectivity index (χ1n) is 13.8. The fraction of sp³-hybridized carbons (Fsp3) is 0.152. The third kappa shape index (κ3) is 4.64.